The first kappa shape index (κ1) is 24.3. The molecule has 4 heteroatoms. The standard InChI is InChI=1S/C32H40N4/c1-9-21-17(5)25-13-26-18(6)22(10-2)30(34-26)15-28-20(8)24(12-4)32(36-28)16-31-23(11-3)19(7)27(35-31)14-29(21)33-25/h13-16,33-36H,9-12H2,1-8H3. The zero-order chi connectivity index (χ0) is 25.7. The summed E-state index contributed by atoms with van der Waals surface area (Å²) in [6.45, 7) is 18.0. The minimum atomic E-state index is 0.994. The van der Waals surface area contributed by atoms with Crippen molar-refractivity contribution in [2.24, 2.45) is 0 Å². The van der Waals surface area contributed by atoms with Crippen LogP contribution in [0.5, 0.6) is 0 Å². The van der Waals surface area contributed by atoms with E-state index >= 15 is 0 Å². The first-order valence-electron chi connectivity index (χ1n) is 13.6. The Morgan fingerprint density at radius 3 is 1.11 bits per heavy atom. The second kappa shape index (κ2) is 9.24. The number of fused-ring (bicyclic) bond motifs is 8. The molecule has 1 aliphatic rings. The first-order valence-corrected chi connectivity index (χ1v) is 13.6. The predicted molar refractivity (Wildman–Crippen MR) is 152 cm³/mol. The lowest BCUT2D eigenvalue weighted by atomic mass is 10.0. The largest absolute Gasteiger partial charge is 0.355 e. The molecule has 0 saturated carbocycles. The van der Waals surface area contributed by atoms with Gasteiger partial charge in [0.2, 0.25) is 0 Å². The summed E-state index contributed by atoms with van der Waals surface area (Å²) in [4.78, 5) is 15.1. The lowest BCUT2D eigenvalue weighted by molar-refractivity contribution is 1.09. The van der Waals surface area contributed by atoms with Crippen molar-refractivity contribution in [3.8, 4) is 0 Å². The van der Waals surface area contributed by atoms with Crippen molar-refractivity contribution in [3.63, 3.8) is 0 Å². The van der Waals surface area contributed by atoms with Gasteiger partial charge in [-0.1, -0.05) is 27.7 Å². The minimum absolute atomic E-state index is 0.994. The van der Waals surface area contributed by atoms with Gasteiger partial charge in [-0.3, -0.25) is 0 Å². The van der Waals surface area contributed by atoms with Crippen LogP contribution in [0.2, 0.25) is 0 Å². The molecule has 0 atom stereocenters. The van der Waals surface area contributed by atoms with E-state index in [1.165, 1.54) is 88.7 Å². The number of aromatic nitrogens is 4. The third-order valence-electron chi connectivity index (χ3n) is 8.37. The van der Waals surface area contributed by atoms with E-state index in [2.05, 4.69) is 99.6 Å². The lowest BCUT2D eigenvalue weighted by Crippen LogP contribution is -2.13. The monoisotopic (exact) mass is 480 g/mol. The molecule has 8 bridgehead atoms. The van der Waals surface area contributed by atoms with Gasteiger partial charge in [-0.25, -0.2) is 0 Å². The molecule has 0 saturated heterocycles. The Balaban J connectivity index is 1.97. The van der Waals surface area contributed by atoms with E-state index in [-0.39, 0.29) is 0 Å². The molecule has 4 N–H and O–H groups in total. The molecule has 0 amide bonds. The second-order valence-electron chi connectivity index (χ2n) is 10.2. The van der Waals surface area contributed by atoms with Crippen molar-refractivity contribution in [2.45, 2.75) is 81.1 Å². The fourth-order valence-electron chi connectivity index (χ4n) is 6.19. The average Bonchev–Trinajstić information content (AvgIpc) is 3.51. The molecule has 0 fully saturated rings. The molecular formula is C32H40N4. The highest BCUT2D eigenvalue weighted by atomic mass is 14.8. The molecule has 4 nitrogen and oxygen atoms in total. The third kappa shape index (κ3) is 3.75. The van der Waals surface area contributed by atoms with E-state index in [4.69, 9.17) is 0 Å². The van der Waals surface area contributed by atoms with Crippen molar-refractivity contribution in [3.05, 3.63) is 88.7 Å². The fourth-order valence-corrected chi connectivity index (χ4v) is 6.19. The summed E-state index contributed by atoms with van der Waals surface area (Å²) >= 11 is 0. The van der Waals surface area contributed by atoms with Gasteiger partial charge in [0.25, 0.3) is 0 Å². The summed E-state index contributed by atoms with van der Waals surface area (Å²) in [6.07, 6.45) is 13.2. The second-order valence-corrected chi connectivity index (χ2v) is 10.2. The quantitative estimate of drug-likeness (QED) is 0.299. The molecule has 0 unspecified atom stereocenters. The summed E-state index contributed by atoms with van der Waals surface area (Å²) in [5, 5.41) is 4.77. The van der Waals surface area contributed by atoms with Gasteiger partial charge in [-0.2, -0.15) is 0 Å². The zero-order valence-corrected chi connectivity index (χ0v) is 23.1. The highest BCUT2D eigenvalue weighted by molar-refractivity contribution is 5.65. The number of rotatable bonds is 4. The van der Waals surface area contributed by atoms with Gasteiger partial charge in [0.1, 0.15) is 0 Å². The Morgan fingerprint density at radius 1 is 0.389 bits per heavy atom. The molecule has 36 heavy (non-hydrogen) atoms. The van der Waals surface area contributed by atoms with Crippen LogP contribution in [-0.4, -0.2) is 19.9 Å². The Bertz CT molecular complexity index is 1710. The summed E-state index contributed by atoms with van der Waals surface area (Å²) in [5.74, 6) is 0. The number of nitrogens with one attached hydrogen (secondary N) is 4. The zero-order valence-electron chi connectivity index (χ0n) is 23.1. The highest BCUT2D eigenvalue weighted by Crippen LogP contribution is 2.22. The van der Waals surface area contributed by atoms with Crippen LogP contribution in [0, 0.1) is 27.7 Å². The molecule has 0 spiro atoms. The molecule has 188 valence electrons. The molecule has 1 aliphatic heterocycles. The predicted octanol–water partition coefficient (Wildman–Crippen LogP) is 4.11. The minimum Gasteiger partial charge on any atom is -0.355 e. The summed E-state index contributed by atoms with van der Waals surface area (Å²) in [6, 6.07) is 0. The topological polar surface area (TPSA) is 63.2 Å². The van der Waals surface area contributed by atoms with Gasteiger partial charge in [-0.15, -0.1) is 0 Å². The third-order valence-corrected chi connectivity index (χ3v) is 8.37. The SMILES string of the molecule is CCc1c2[nH]c(c1C)C=c1[nH]c(c(CC)c1C)=Cc1[nH]c(c(CC)c1C)C=c1[nH]c(c(C)c1CC)=C2. The molecule has 4 aromatic rings. The summed E-state index contributed by atoms with van der Waals surface area (Å²) in [7, 11) is 0. The van der Waals surface area contributed by atoms with E-state index in [0.29, 0.717) is 0 Å². The van der Waals surface area contributed by atoms with Gasteiger partial charge >= 0.3 is 0 Å². The van der Waals surface area contributed by atoms with Crippen LogP contribution < -0.4 is 21.4 Å². The van der Waals surface area contributed by atoms with Crippen molar-refractivity contribution < 1.29 is 0 Å². The van der Waals surface area contributed by atoms with E-state index < -0.39 is 0 Å². The van der Waals surface area contributed by atoms with E-state index in [1.54, 1.807) is 0 Å². The van der Waals surface area contributed by atoms with Crippen LogP contribution in [-0.2, 0) is 25.7 Å². The van der Waals surface area contributed by atoms with Crippen molar-refractivity contribution >= 4 is 24.3 Å². The maximum absolute atomic E-state index is 3.77. The van der Waals surface area contributed by atoms with Crippen LogP contribution in [0.25, 0.3) is 24.3 Å². The van der Waals surface area contributed by atoms with Crippen LogP contribution in [0.15, 0.2) is 0 Å². The maximum atomic E-state index is 3.77. The van der Waals surface area contributed by atoms with Gasteiger partial charge in [0.15, 0.2) is 0 Å². The Labute approximate surface area is 214 Å². The first-order chi connectivity index (χ1) is 17.3. The number of H-pyrrole nitrogens is 4. The normalized spacial score (nSPS) is 12.7. The van der Waals surface area contributed by atoms with Crippen molar-refractivity contribution in [1.82, 2.24) is 19.9 Å². The van der Waals surface area contributed by atoms with Gasteiger partial charge < -0.3 is 19.9 Å². The van der Waals surface area contributed by atoms with Crippen LogP contribution >= 0.6 is 0 Å². The van der Waals surface area contributed by atoms with Gasteiger partial charge in [-0.05, 0) is 122 Å². The Kier molecular flexibility index (Phi) is 6.23. The lowest BCUT2D eigenvalue weighted by Gasteiger charge is -1.98. The number of hydrogen-bond acceptors (Lipinski definition) is 0. The summed E-state index contributed by atoms with van der Waals surface area (Å²) < 4.78 is 0. The molecule has 4 aromatic heterocycles. The van der Waals surface area contributed by atoms with Gasteiger partial charge in [0.05, 0.1) is 0 Å². The van der Waals surface area contributed by atoms with Gasteiger partial charge in [0, 0.05) is 44.2 Å². The highest BCUT2D eigenvalue weighted by Gasteiger charge is 2.15. The fraction of sp³-hybridized carbons (Fsp3) is 0.375. The summed E-state index contributed by atoms with van der Waals surface area (Å²) in [5.41, 5.74) is 15.6. The van der Waals surface area contributed by atoms with Crippen LogP contribution in [0.3, 0.4) is 0 Å². The van der Waals surface area contributed by atoms with E-state index in [1.807, 2.05) is 0 Å². The van der Waals surface area contributed by atoms with Crippen molar-refractivity contribution in [1.29, 1.82) is 0 Å². The average molecular weight is 481 g/mol. The van der Waals surface area contributed by atoms with E-state index in [9.17, 15) is 0 Å². The van der Waals surface area contributed by atoms with Crippen LogP contribution in [0.1, 0.15) is 95.0 Å². The molecule has 0 aromatic carbocycles. The Morgan fingerprint density at radius 2 is 0.722 bits per heavy atom. The number of hydrogen-bond donors (Lipinski definition) is 4. The maximum Gasteiger partial charge on any atom is 0.0441 e. The Hall–Kier alpha value is -3.40. The molecular weight excluding hydrogens is 440 g/mol. The van der Waals surface area contributed by atoms with Crippen LogP contribution in [0.4, 0.5) is 0 Å². The smallest absolute Gasteiger partial charge is 0.0441 e. The van der Waals surface area contributed by atoms with Crippen molar-refractivity contribution in [2.75, 3.05) is 0 Å². The van der Waals surface area contributed by atoms with E-state index in [0.717, 1.165) is 25.7 Å². The molecule has 0 aliphatic carbocycles. The molecule has 5 rings (SSSR count). The molecule has 5 heterocycles. The molecule has 0 radical (unpaired) electrons. The number of aromatic amines is 4.